The fraction of sp³-hybridized carbons (Fsp3) is 0.316. The largest absolute Gasteiger partial charge is 0.497 e. The highest BCUT2D eigenvalue weighted by Crippen LogP contribution is 2.20. The molecule has 144 valence electrons. The number of carbonyl (C=O) groups excluding carboxylic acids is 1. The first-order chi connectivity index (χ1) is 12.9. The van der Waals surface area contributed by atoms with Gasteiger partial charge >= 0.3 is 0 Å². The summed E-state index contributed by atoms with van der Waals surface area (Å²) in [5, 5.41) is 0. The molecular formula is C19H21BrN2O4S. The van der Waals surface area contributed by atoms with Gasteiger partial charge in [-0.05, 0) is 55.3 Å². The molecule has 1 aliphatic rings. The number of carbonyl (C=O) groups is 1. The van der Waals surface area contributed by atoms with E-state index in [0.717, 1.165) is 4.47 Å². The molecule has 3 rings (SSSR count). The van der Waals surface area contributed by atoms with Crippen molar-refractivity contribution >= 4 is 31.9 Å². The summed E-state index contributed by atoms with van der Waals surface area (Å²) in [6, 6.07) is 13.4. The lowest BCUT2D eigenvalue weighted by molar-refractivity contribution is 0.0711. The number of piperidine rings is 1. The second kappa shape index (κ2) is 8.41. The van der Waals surface area contributed by atoms with E-state index in [9.17, 15) is 13.2 Å². The van der Waals surface area contributed by atoms with E-state index >= 15 is 0 Å². The van der Waals surface area contributed by atoms with Gasteiger partial charge in [-0.3, -0.25) is 4.79 Å². The number of hydrogen-bond acceptors (Lipinski definition) is 4. The van der Waals surface area contributed by atoms with Gasteiger partial charge in [0.15, 0.2) is 0 Å². The molecule has 0 bridgehead atoms. The maximum absolute atomic E-state index is 12.6. The van der Waals surface area contributed by atoms with Gasteiger partial charge < -0.3 is 9.64 Å². The van der Waals surface area contributed by atoms with E-state index in [1.807, 2.05) is 12.1 Å². The van der Waals surface area contributed by atoms with Crippen LogP contribution in [-0.2, 0) is 10.0 Å². The zero-order valence-corrected chi connectivity index (χ0v) is 17.3. The monoisotopic (exact) mass is 452 g/mol. The van der Waals surface area contributed by atoms with Crippen molar-refractivity contribution in [2.75, 3.05) is 20.2 Å². The molecule has 0 aromatic heterocycles. The van der Waals surface area contributed by atoms with Crippen molar-refractivity contribution in [3.05, 3.63) is 58.6 Å². The topological polar surface area (TPSA) is 75.7 Å². The van der Waals surface area contributed by atoms with Crippen LogP contribution in [0.5, 0.6) is 5.75 Å². The summed E-state index contributed by atoms with van der Waals surface area (Å²) < 4.78 is 33.7. The molecule has 0 spiro atoms. The van der Waals surface area contributed by atoms with E-state index in [2.05, 4.69) is 20.7 Å². The quantitative estimate of drug-likeness (QED) is 0.756. The van der Waals surface area contributed by atoms with E-state index in [1.54, 1.807) is 29.2 Å². The van der Waals surface area contributed by atoms with Crippen LogP contribution in [0, 0.1) is 0 Å². The van der Waals surface area contributed by atoms with Crippen molar-refractivity contribution in [1.82, 2.24) is 9.62 Å². The SMILES string of the molecule is COc1ccc(S(=O)(=O)NC2CCN(C(=O)c3cccc(Br)c3)CC2)cc1. The minimum absolute atomic E-state index is 0.0345. The number of methoxy groups -OCH3 is 1. The molecule has 0 atom stereocenters. The maximum atomic E-state index is 12.6. The minimum Gasteiger partial charge on any atom is -0.497 e. The molecule has 8 heteroatoms. The number of likely N-dealkylation sites (tertiary alicyclic amines) is 1. The average molecular weight is 453 g/mol. The van der Waals surface area contributed by atoms with Crippen LogP contribution in [0.1, 0.15) is 23.2 Å². The van der Waals surface area contributed by atoms with Gasteiger partial charge in [0.1, 0.15) is 5.75 Å². The van der Waals surface area contributed by atoms with Crippen LogP contribution in [0.15, 0.2) is 57.9 Å². The summed E-state index contributed by atoms with van der Waals surface area (Å²) in [6.45, 7) is 1.03. The highest BCUT2D eigenvalue weighted by atomic mass is 79.9. The molecule has 1 heterocycles. The number of ether oxygens (including phenoxy) is 1. The van der Waals surface area contributed by atoms with Crippen molar-refractivity contribution in [1.29, 1.82) is 0 Å². The van der Waals surface area contributed by atoms with E-state index in [0.29, 0.717) is 37.2 Å². The lowest BCUT2D eigenvalue weighted by atomic mass is 10.0. The molecule has 0 aliphatic carbocycles. The smallest absolute Gasteiger partial charge is 0.253 e. The van der Waals surface area contributed by atoms with Crippen LogP contribution in [0.25, 0.3) is 0 Å². The zero-order chi connectivity index (χ0) is 19.4. The van der Waals surface area contributed by atoms with Crippen LogP contribution in [-0.4, -0.2) is 45.5 Å². The molecule has 0 unspecified atom stereocenters. The van der Waals surface area contributed by atoms with E-state index < -0.39 is 10.0 Å². The molecular weight excluding hydrogens is 432 g/mol. The second-order valence-electron chi connectivity index (χ2n) is 6.37. The van der Waals surface area contributed by atoms with Crippen molar-refractivity contribution in [3.63, 3.8) is 0 Å². The highest BCUT2D eigenvalue weighted by Gasteiger charge is 2.27. The number of halogens is 1. The maximum Gasteiger partial charge on any atom is 0.253 e. The zero-order valence-electron chi connectivity index (χ0n) is 14.9. The van der Waals surface area contributed by atoms with E-state index in [-0.39, 0.29) is 16.8 Å². The number of benzene rings is 2. The fourth-order valence-electron chi connectivity index (χ4n) is 3.05. The van der Waals surface area contributed by atoms with Crippen LogP contribution >= 0.6 is 15.9 Å². The molecule has 2 aromatic carbocycles. The average Bonchev–Trinajstić information content (AvgIpc) is 2.68. The van der Waals surface area contributed by atoms with Crippen LogP contribution in [0.2, 0.25) is 0 Å². The molecule has 27 heavy (non-hydrogen) atoms. The fourth-order valence-corrected chi connectivity index (χ4v) is 4.75. The third-order valence-corrected chi connectivity index (χ3v) is 6.57. The van der Waals surface area contributed by atoms with Gasteiger partial charge in [-0.25, -0.2) is 13.1 Å². The molecule has 2 aromatic rings. The normalized spacial score (nSPS) is 15.6. The summed E-state index contributed by atoms with van der Waals surface area (Å²) in [6.07, 6.45) is 1.16. The molecule has 1 saturated heterocycles. The summed E-state index contributed by atoms with van der Waals surface area (Å²) in [5.74, 6) is 0.570. The van der Waals surface area contributed by atoms with Crippen molar-refractivity contribution in [3.8, 4) is 5.75 Å². The Hall–Kier alpha value is -1.90. The summed E-state index contributed by atoms with van der Waals surface area (Å²) in [7, 11) is -2.06. The molecule has 1 N–H and O–H groups in total. The van der Waals surface area contributed by atoms with Crippen molar-refractivity contribution < 1.29 is 17.9 Å². The van der Waals surface area contributed by atoms with E-state index in [4.69, 9.17) is 4.74 Å². The van der Waals surface area contributed by atoms with Gasteiger partial charge in [0.2, 0.25) is 10.0 Å². The van der Waals surface area contributed by atoms with Crippen molar-refractivity contribution in [2.24, 2.45) is 0 Å². The summed E-state index contributed by atoms with van der Waals surface area (Å²) in [5.41, 5.74) is 0.627. The Labute approximate surface area is 167 Å². The Morgan fingerprint density at radius 3 is 2.41 bits per heavy atom. The van der Waals surface area contributed by atoms with Gasteiger partial charge in [-0.15, -0.1) is 0 Å². The number of nitrogens with zero attached hydrogens (tertiary/aromatic N) is 1. The third-order valence-electron chi connectivity index (χ3n) is 4.55. The molecule has 6 nitrogen and oxygen atoms in total. The summed E-state index contributed by atoms with van der Waals surface area (Å²) >= 11 is 3.37. The Balaban J connectivity index is 1.59. The Kier molecular flexibility index (Phi) is 6.18. The predicted molar refractivity (Wildman–Crippen MR) is 106 cm³/mol. The minimum atomic E-state index is -3.60. The van der Waals surface area contributed by atoms with Gasteiger partial charge in [0.25, 0.3) is 5.91 Å². The Morgan fingerprint density at radius 2 is 1.81 bits per heavy atom. The lowest BCUT2D eigenvalue weighted by Crippen LogP contribution is -2.46. The highest BCUT2D eigenvalue weighted by molar-refractivity contribution is 9.10. The van der Waals surface area contributed by atoms with Crippen LogP contribution < -0.4 is 9.46 Å². The number of sulfonamides is 1. The standard InChI is InChI=1S/C19H21BrN2O4S/c1-26-17-5-7-18(8-6-17)27(24,25)21-16-9-11-22(12-10-16)19(23)14-3-2-4-15(20)13-14/h2-8,13,16,21H,9-12H2,1H3. The van der Waals surface area contributed by atoms with Crippen LogP contribution in [0.3, 0.4) is 0 Å². The molecule has 1 fully saturated rings. The van der Waals surface area contributed by atoms with E-state index in [1.165, 1.54) is 19.2 Å². The first-order valence-electron chi connectivity index (χ1n) is 8.60. The number of hydrogen-bond donors (Lipinski definition) is 1. The second-order valence-corrected chi connectivity index (χ2v) is 9.00. The number of nitrogens with one attached hydrogen (secondary N) is 1. The van der Waals surface area contributed by atoms with Gasteiger partial charge in [0, 0.05) is 29.2 Å². The van der Waals surface area contributed by atoms with Crippen LogP contribution in [0.4, 0.5) is 0 Å². The van der Waals surface area contributed by atoms with Gasteiger partial charge in [-0.2, -0.15) is 0 Å². The lowest BCUT2D eigenvalue weighted by Gasteiger charge is -2.32. The number of rotatable bonds is 5. The predicted octanol–water partition coefficient (Wildman–Crippen LogP) is 3.04. The van der Waals surface area contributed by atoms with Crippen molar-refractivity contribution in [2.45, 2.75) is 23.8 Å². The third kappa shape index (κ3) is 4.88. The molecule has 0 saturated carbocycles. The first kappa shape index (κ1) is 19.9. The first-order valence-corrected chi connectivity index (χ1v) is 10.9. The van der Waals surface area contributed by atoms with Gasteiger partial charge in [-0.1, -0.05) is 22.0 Å². The van der Waals surface area contributed by atoms with Gasteiger partial charge in [0.05, 0.1) is 12.0 Å². The molecule has 0 radical (unpaired) electrons. The summed E-state index contributed by atoms with van der Waals surface area (Å²) in [4.78, 5) is 14.5. The molecule has 1 amide bonds. The molecule has 1 aliphatic heterocycles. The number of amides is 1. The Bertz CT molecular complexity index is 908. The Morgan fingerprint density at radius 1 is 1.15 bits per heavy atom.